The molecule has 7 aromatic rings. The summed E-state index contributed by atoms with van der Waals surface area (Å²) in [6, 6.07) is 25.9. The number of carbonyl (C=O) groups excluding carboxylic acids is 2. The van der Waals surface area contributed by atoms with E-state index < -0.39 is 17.6 Å². The molecule has 0 amide bonds. The number of hydrogen-bond donors (Lipinski definition) is 1. The van der Waals surface area contributed by atoms with Crippen LogP contribution < -0.4 is 9.47 Å². The largest absolute Gasteiger partial charge is 2.00 e. The van der Waals surface area contributed by atoms with Crippen LogP contribution in [0.4, 0.5) is 13.2 Å². The molecule has 0 aliphatic heterocycles. The number of aryl methyl sites for hydroxylation is 1. The Hall–Kier alpha value is -5.59. The molecule has 2 N–H and O–H groups in total. The fraction of sp³-hybridized carbons (Fsp3) is 0.0732. The molecule has 310 valence electrons. The molecule has 7 aromatic heterocycles. The average Bonchev–Trinajstić information content (AvgIpc) is 4.03. The molecule has 0 atom stereocenters. The maximum absolute atomic E-state index is 12.3. The van der Waals surface area contributed by atoms with Crippen LogP contribution in [0.5, 0.6) is 11.5 Å². The Bertz CT molecular complexity index is 2700. The molecule has 0 radical (unpaired) electrons. The Kier molecular flexibility index (Phi) is 18.0. The predicted octanol–water partition coefficient (Wildman–Crippen LogP) is 12.2. The average molecular weight is 1000 g/mol. The van der Waals surface area contributed by atoms with Crippen LogP contribution in [0.1, 0.15) is 10.6 Å². The van der Waals surface area contributed by atoms with E-state index in [1.54, 1.807) is 88.4 Å². The summed E-state index contributed by atoms with van der Waals surface area (Å²) in [6.45, 7) is 2.79. The first-order valence-electron chi connectivity index (χ1n) is 16.9. The van der Waals surface area contributed by atoms with Crippen molar-refractivity contribution in [1.82, 2.24) is 19.9 Å². The Morgan fingerprint density at radius 2 is 1.30 bits per heavy atom. The van der Waals surface area contributed by atoms with Gasteiger partial charge in [0.1, 0.15) is 17.2 Å². The summed E-state index contributed by atoms with van der Waals surface area (Å²) in [6.07, 6.45) is 2.35. The van der Waals surface area contributed by atoms with Gasteiger partial charge in [-0.1, -0.05) is 12.2 Å². The van der Waals surface area contributed by atoms with Gasteiger partial charge in [0, 0.05) is 66.9 Å². The molecule has 0 aliphatic rings. The molecule has 0 spiro atoms. The van der Waals surface area contributed by atoms with Gasteiger partial charge in [-0.25, -0.2) is 4.98 Å². The number of nitrogens with zero attached hydrogens (tertiary/aromatic N) is 5. The van der Waals surface area contributed by atoms with Crippen molar-refractivity contribution >= 4 is 87.5 Å². The number of pyridine rings is 4. The van der Waals surface area contributed by atoms with Crippen molar-refractivity contribution in [3.05, 3.63) is 131 Å². The maximum Gasteiger partial charge on any atom is 2.00 e. The number of rotatable bonds is 12. The number of alkyl halides is 3. The van der Waals surface area contributed by atoms with Gasteiger partial charge >= 0.3 is 25.7 Å². The van der Waals surface area contributed by atoms with E-state index in [0.29, 0.717) is 53.3 Å². The molecule has 0 bridgehead atoms. The number of ether oxygens (including phenoxy) is 2. The summed E-state index contributed by atoms with van der Waals surface area (Å²) >= 11 is 10.3. The van der Waals surface area contributed by atoms with Gasteiger partial charge in [-0.05, 0) is 97.1 Å². The predicted molar refractivity (Wildman–Crippen MR) is 237 cm³/mol. The van der Waals surface area contributed by atoms with Crippen molar-refractivity contribution in [2.45, 2.75) is 17.3 Å². The van der Waals surface area contributed by atoms with Gasteiger partial charge in [0.25, 0.3) is 12.9 Å². The minimum absolute atomic E-state index is 0. The summed E-state index contributed by atoms with van der Waals surface area (Å²) < 4.78 is 48.2. The fourth-order valence-electron chi connectivity index (χ4n) is 5.10. The zero-order valence-corrected chi connectivity index (χ0v) is 37.3. The van der Waals surface area contributed by atoms with Crippen LogP contribution in [-0.4, -0.2) is 56.2 Å². The molecular formula is C41H28F3N7O4RuS5. The SMILES string of the molecule is CSc1ccc(-c2ccnc(/C([NH-])=C/C(=N)C(F)(F)F)c2)s1.Cc1ccc(-c2ccc(-c3ccnc(-c4cc(OC=O)cc(-c5cc(OC=O)ccn5)n4)c3)s2)s1.[N-]=C=S.[Ru+2]. The first kappa shape index (κ1) is 48.1. The van der Waals surface area contributed by atoms with Gasteiger partial charge in [-0.15, -0.1) is 51.5 Å². The van der Waals surface area contributed by atoms with Gasteiger partial charge in [0.05, 0.1) is 27.0 Å². The molecule has 0 unspecified atom stereocenters. The summed E-state index contributed by atoms with van der Waals surface area (Å²) in [7, 11) is 0. The van der Waals surface area contributed by atoms with Gasteiger partial charge < -0.3 is 20.6 Å². The maximum atomic E-state index is 12.3. The number of thiocarbonyl (C=S) groups is 1. The molecule has 0 aromatic carbocycles. The molecule has 0 fully saturated rings. The zero-order chi connectivity index (χ0) is 43.2. The van der Waals surface area contributed by atoms with Crippen molar-refractivity contribution in [2.24, 2.45) is 0 Å². The first-order valence-corrected chi connectivity index (χ1v) is 21.0. The van der Waals surface area contributed by atoms with E-state index in [4.69, 9.17) is 26.0 Å². The summed E-state index contributed by atoms with van der Waals surface area (Å²) in [5.41, 5.74) is 9.58. The Balaban J connectivity index is 0.000000272. The molecule has 0 saturated heterocycles. The van der Waals surface area contributed by atoms with E-state index in [1.807, 2.05) is 30.5 Å². The number of aromatic nitrogens is 4. The van der Waals surface area contributed by atoms with E-state index in [0.717, 1.165) is 25.1 Å². The van der Waals surface area contributed by atoms with Crippen LogP contribution in [0.3, 0.4) is 0 Å². The Labute approximate surface area is 381 Å². The number of thioether (sulfide) groups is 1. The van der Waals surface area contributed by atoms with Gasteiger partial charge in [-0.3, -0.25) is 30.0 Å². The zero-order valence-electron chi connectivity index (χ0n) is 31.4. The fourth-order valence-corrected chi connectivity index (χ4v) is 8.60. The second kappa shape index (κ2) is 22.9. The molecule has 7 heterocycles. The molecule has 11 nitrogen and oxygen atoms in total. The third kappa shape index (κ3) is 13.5. The van der Waals surface area contributed by atoms with E-state index in [1.165, 1.54) is 32.2 Å². The number of nitrogens with one attached hydrogen (secondary N) is 2. The van der Waals surface area contributed by atoms with E-state index in [2.05, 4.69) is 63.3 Å². The second-order valence-electron chi connectivity index (χ2n) is 11.7. The molecule has 7 rings (SSSR count). The number of hydrogen-bond acceptors (Lipinski definition) is 14. The number of carbonyl (C=O) groups is 2. The number of isothiocyanates is 1. The van der Waals surface area contributed by atoms with Gasteiger partial charge in [0.2, 0.25) is 0 Å². The van der Waals surface area contributed by atoms with E-state index in [9.17, 15) is 22.8 Å². The third-order valence-electron chi connectivity index (χ3n) is 7.75. The third-order valence-corrected chi connectivity index (χ3v) is 12.3. The van der Waals surface area contributed by atoms with Crippen LogP contribution in [-0.2, 0) is 29.1 Å². The second-order valence-corrected chi connectivity index (χ2v) is 16.4. The number of thiophene rings is 3. The van der Waals surface area contributed by atoms with Crippen molar-refractivity contribution in [1.29, 1.82) is 5.41 Å². The van der Waals surface area contributed by atoms with E-state index >= 15 is 0 Å². The van der Waals surface area contributed by atoms with Crippen LogP contribution in [0.25, 0.3) is 70.3 Å². The molecule has 61 heavy (non-hydrogen) atoms. The van der Waals surface area contributed by atoms with Crippen molar-refractivity contribution in [2.75, 3.05) is 6.26 Å². The van der Waals surface area contributed by atoms with Gasteiger partial charge in [0.15, 0.2) is 0 Å². The van der Waals surface area contributed by atoms with Crippen molar-refractivity contribution < 1.29 is 51.7 Å². The number of halogens is 3. The smallest absolute Gasteiger partial charge is 0.753 e. The number of allylic oxidation sites excluding steroid dienone is 1. The van der Waals surface area contributed by atoms with Crippen LogP contribution in [0.2, 0.25) is 0 Å². The van der Waals surface area contributed by atoms with Crippen molar-refractivity contribution in [3.63, 3.8) is 0 Å². The summed E-state index contributed by atoms with van der Waals surface area (Å²) in [5.74, 6) is 0.617. The Morgan fingerprint density at radius 1 is 0.770 bits per heavy atom. The monoisotopic (exact) mass is 1000 g/mol. The first-order chi connectivity index (χ1) is 28.8. The minimum Gasteiger partial charge on any atom is -0.753 e. The van der Waals surface area contributed by atoms with Crippen molar-refractivity contribution in [3.8, 4) is 64.9 Å². The summed E-state index contributed by atoms with van der Waals surface area (Å²) in [4.78, 5) is 44.9. The normalized spacial score (nSPS) is 10.7. The molecule has 20 heteroatoms. The minimum atomic E-state index is -4.76. The summed E-state index contributed by atoms with van der Waals surface area (Å²) in [5, 5.41) is 15.4. The molecule has 0 aliphatic carbocycles. The van der Waals surface area contributed by atoms with Crippen LogP contribution in [0, 0.1) is 12.3 Å². The van der Waals surface area contributed by atoms with Gasteiger partial charge in [-0.2, -0.15) is 18.3 Å². The quantitative estimate of drug-likeness (QED) is 0.0408. The Morgan fingerprint density at radius 3 is 1.90 bits per heavy atom. The standard InChI is InChI=1S/C26H17N3O4S2.C14H11F3N3S2.CNS.Ru/c1-16-2-3-25(34-16)26-5-4-24(35-26)17-6-8-27-20(10-17)22-12-19(33-15-31)13-23(29-22)21-11-18(32-14-30)7-9-28-21;1-21-13-3-2-11(22-13)8-4-5-20-10(6-8)9(18)7-12(19)14(15,16)17;2-1-3;/h2-15H,1H3;2-7,18-19H,1H3;;/q;2*-1;+2/b;9-7-,19-12?;;. The molecule has 0 saturated carbocycles. The molecular weight excluding hydrogens is 973 g/mol. The van der Waals surface area contributed by atoms with Crippen LogP contribution >= 0.6 is 58.0 Å². The topological polar surface area (TPSA) is 174 Å². The van der Waals surface area contributed by atoms with Crippen LogP contribution in [0.15, 0.2) is 114 Å². The van der Waals surface area contributed by atoms with E-state index in [-0.39, 0.29) is 25.2 Å².